The number of allylic oxidation sites excluding steroid dienone is 1. The van der Waals surface area contributed by atoms with E-state index in [4.69, 9.17) is 4.74 Å². The lowest BCUT2D eigenvalue weighted by atomic mass is 10.1. The molecule has 0 aliphatic carbocycles. The minimum atomic E-state index is -0.00681. The third kappa shape index (κ3) is 5.62. The molecule has 0 spiro atoms. The van der Waals surface area contributed by atoms with Crippen LogP contribution in [0, 0.1) is 5.92 Å². The van der Waals surface area contributed by atoms with Crippen molar-refractivity contribution in [2.45, 2.75) is 13.8 Å². The van der Waals surface area contributed by atoms with Crippen LogP contribution < -0.4 is 5.32 Å². The lowest BCUT2D eigenvalue weighted by Crippen LogP contribution is -2.41. The van der Waals surface area contributed by atoms with Crippen LogP contribution in [0.15, 0.2) is 30.3 Å². The number of morpholine rings is 1. The van der Waals surface area contributed by atoms with Crippen LogP contribution in [0.2, 0.25) is 0 Å². The standard InChI is InChI=1S/C18H26N2O2/c1-15(2)3-4-16-5-7-17(8-6-16)18(21)19-9-10-20-11-13-22-14-12-20/h3-8,15H,9-14H2,1-2H3,(H,19,21). The van der Waals surface area contributed by atoms with E-state index in [0.29, 0.717) is 18.0 Å². The summed E-state index contributed by atoms with van der Waals surface area (Å²) in [7, 11) is 0. The molecule has 1 aromatic carbocycles. The van der Waals surface area contributed by atoms with Gasteiger partial charge in [-0.3, -0.25) is 9.69 Å². The molecule has 0 unspecified atom stereocenters. The van der Waals surface area contributed by atoms with Gasteiger partial charge in [0.15, 0.2) is 0 Å². The van der Waals surface area contributed by atoms with E-state index in [0.717, 1.165) is 38.4 Å². The number of ether oxygens (including phenoxy) is 1. The van der Waals surface area contributed by atoms with Crippen molar-refractivity contribution in [3.8, 4) is 0 Å². The predicted molar refractivity (Wildman–Crippen MR) is 89.9 cm³/mol. The van der Waals surface area contributed by atoms with E-state index in [-0.39, 0.29) is 5.91 Å². The first-order valence-corrected chi connectivity index (χ1v) is 8.02. The van der Waals surface area contributed by atoms with Gasteiger partial charge in [-0.05, 0) is 23.6 Å². The molecule has 1 fully saturated rings. The number of hydrogen-bond donors (Lipinski definition) is 1. The van der Waals surface area contributed by atoms with Crippen molar-refractivity contribution in [2.75, 3.05) is 39.4 Å². The molecule has 0 saturated carbocycles. The first-order valence-electron chi connectivity index (χ1n) is 8.02. The fraction of sp³-hybridized carbons (Fsp3) is 0.500. The van der Waals surface area contributed by atoms with Crippen LogP contribution in [0.5, 0.6) is 0 Å². The smallest absolute Gasteiger partial charge is 0.251 e. The molecule has 1 aliphatic heterocycles. The Labute approximate surface area is 133 Å². The zero-order chi connectivity index (χ0) is 15.8. The molecule has 1 aliphatic rings. The topological polar surface area (TPSA) is 41.6 Å². The Hall–Kier alpha value is -1.65. The van der Waals surface area contributed by atoms with Gasteiger partial charge in [-0.1, -0.05) is 38.1 Å². The Balaban J connectivity index is 1.77. The van der Waals surface area contributed by atoms with Gasteiger partial charge in [0.05, 0.1) is 13.2 Å². The summed E-state index contributed by atoms with van der Waals surface area (Å²) in [5.74, 6) is 0.524. The van der Waals surface area contributed by atoms with Crippen LogP contribution in [0.1, 0.15) is 29.8 Å². The number of carbonyl (C=O) groups excluding carboxylic acids is 1. The number of rotatable bonds is 6. The zero-order valence-corrected chi connectivity index (χ0v) is 13.5. The van der Waals surface area contributed by atoms with Crippen molar-refractivity contribution in [1.82, 2.24) is 10.2 Å². The maximum atomic E-state index is 12.1. The van der Waals surface area contributed by atoms with Crippen molar-refractivity contribution in [3.05, 3.63) is 41.5 Å². The molecule has 0 atom stereocenters. The molecule has 4 heteroatoms. The van der Waals surface area contributed by atoms with E-state index in [9.17, 15) is 4.79 Å². The number of nitrogens with one attached hydrogen (secondary N) is 1. The second-order valence-corrected chi connectivity index (χ2v) is 5.94. The van der Waals surface area contributed by atoms with Gasteiger partial charge >= 0.3 is 0 Å². The number of benzene rings is 1. The van der Waals surface area contributed by atoms with Crippen molar-refractivity contribution in [3.63, 3.8) is 0 Å². The van der Waals surface area contributed by atoms with Gasteiger partial charge in [0.25, 0.3) is 5.91 Å². The number of carbonyl (C=O) groups is 1. The van der Waals surface area contributed by atoms with Gasteiger partial charge in [-0.2, -0.15) is 0 Å². The molecule has 1 saturated heterocycles. The second kappa shape index (κ2) is 8.71. The summed E-state index contributed by atoms with van der Waals surface area (Å²) in [4.78, 5) is 14.4. The van der Waals surface area contributed by atoms with Crippen LogP contribution in [-0.2, 0) is 4.74 Å². The van der Waals surface area contributed by atoms with Crippen LogP contribution >= 0.6 is 0 Å². The first-order chi connectivity index (χ1) is 10.6. The highest BCUT2D eigenvalue weighted by atomic mass is 16.5. The third-order valence-corrected chi connectivity index (χ3v) is 3.66. The molecule has 1 heterocycles. The molecule has 4 nitrogen and oxygen atoms in total. The Morgan fingerprint density at radius 1 is 1.27 bits per heavy atom. The van der Waals surface area contributed by atoms with E-state index in [2.05, 4.69) is 36.2 Å². The molecule has 120 valence electrons. The summed E-state index contributed by atoms with van der Waals surface area (Å²) >= 11 is 0. The second-order valence-electron chi connectivity index (χ2n) is 5.94. The van der Waals surface area contributed by atoms with E-state index in [1.54, 1.807) is 0 Å². The average molecular weight is 302 g/mol. The highest BCUT2D eigenvalue weighted by Crippen LogP contribution is 2.08. The zero-order valence-electron chi connectivity index (χ0n) is 13.5. The lowest BCUT2D eigenvalue weighted by molar-refractivity contribution is 0.0383. The summed E-state index contributed by atoms with van der Waals surface area (Å²) in [6, 6.07) is 7.72. The van der Waals surface area contributed by atoms with Gasteiger partial charge in [-0.15, -0.1) is 0 Å². The van der Waals surface area contributed by atoms with E-state index >= 15 is 0 Å². The number of amides is 1. The van der Waals surface area contributed by atoms with Crippen molar-refractivity contribution in [2.24, 2.45) is 5.92 Å². The minimum Gasteiger partial charge on any atom is -0.379 e. The Kier molecular flexibility index (Phi) is 6.62. The fourth-order valence-corrected chi connectivity index (χ4v) is 2.30. The predicted octanol–water partition coefficient (Wildman–Crippen LogP) is 2.42. The summed E-state index contributed by atoms with van der Waals surface area (Å²) < 4.78 is 5.31. The van der Waals surface area contributed by atoms with Gasteiger partial charge in [0.1, 0.15) is 0 Å². The van der Waals surface area contributed by atoms with Crippen molar-refractivity contribution in [1.29, 1.82) is 0 Å². The molecule has 0 bridgehead atoms. The molecular weight excluding hydrogens is 276 g/mol. The van der Waals surface area contributed by atoms with Crippen molar-refractivity contribution >= 4 is 12.0 Å². The van der Waals surface area contributed by atoms with E-state index < -0.39 is 0 Å². The van der Waals surface area contributed by atoms with Crippen LogP contribution in [0.25, 0.3) is 6.08 Å². The molecule has 0 aromatic heterocycles. The van der Waals surface area contributed by atoms with E-state index in [1.165, 1.54) is 0 Å². The third-order valence-electron chi connectivity index (χ3n) is 3.66. The lowest BCUT2D eigenvalue weighted by Gasteiger charge is -2.26. The minimum absolute atomic E-state index is 0.00681. The fourth-order valence-electron chi connectivity index (χ4n) is 2.30. The Morgan fingerprint density at radius 3 is 2.59 bits per heavy atom. The summed E-state index contributed by atoms with van der Waals surface area (Å²) in [6.45, 7) is 9.33. The maximum absolute atomic E-state index is 12.1. The van der Waals surface area contributed by atoms with Gasteiger partial charge < -0.3 is 10.1 Å². The molecule has 0 radical (unpaired) electrons. The average Bonchev–Trinajstić information content (AvgIpc) is 2.54. The summed E-state index contributed by atoms with van der Waals surface area (Å²) in [5.41, 5.74) is 1.84. The normalized spacial score (nSPS) is 16.3. The molecular formula is C18H26N2O2. The summed E-state index contributed by atoms with van der Waals surface area (Å²) in [5, 5.41) is 2.98. The number of hydrogen-bond acceptors (Lipinski definition) is 3. The quantitative estimate of drug-likeness (QED) is 0.877. The number of nitrogens with zero attached hydrogens (tertiary/aromatic N) is 1. The SMILES string of the molecule is CC(C)C=Cc1ccc(C(=O)NCCN2CCOCC2)cc1. The molecule has 22 heavy (non-hydrogen) atoms. The maximum Gasteiger partial charge on any atom is 0.251 e. The van der Waals surface area contributed by atoms with Gasteiger partial charge in [-0.25, -0.2) is 0 Å². The monoisotopic (exact) mass is 302 g/mol. The summed E-state index contributed by atoms with van der Waals surface area (Å²) in [6.07, 6.45) is 4.24. The molecule has 1 N–H and O–H groups in total. The van der Waals surface area contributed by atoms with Crippen LogP contribution in [0.3, 0.4) is 0 Å². The molecule has 1 aromatic rings. The Morgan fingerprint density at radius 2 is 1.95 bits per heavy atom. The highest BCUT2D eigenvalue weighted by molar-refractivity contribution is 5.94. The largest absolute Gasteiger partial charge is 0.379 e. The van der Waals surface area contributed by atoms with Crippen LogP contribution in [0.4, 0.5) is 0 Å². The van der Waals surface area contributed by atoms with E-state index in [1.807, 2.05) is 24.3 Å². The molecule has 1 amide bonds. The van der Waals surface area contributed by atoms with Gasteiger partial charge in [0, 0.05) is 31.7 Å². The Bertz CT molecular complexity index is 488. The van der Waals surface area contributed by atoms with Crippen molar-refractivity contribution < 1.29 is 9.53 Å². The molecule has 2 rings (SSSR count). The van der Waals surface area contributed by atoms with Gasteiger partial charge in [0.2, 0.25) is 0 Å². The van der Waals surface area contributed by atoms with Crippen LogP contribution in [-0.4, -0.2) is 50.2 Å². The highest BCUT2D eigenvalue weighted by Gasteiger charge is 2.10. The first kappa shape index (κ1) is 16.7.